The van der Waals surface area contributed by atoms with E-state index in [1.807, 2.05) is 36.9 Å². The van der Waals surface area contributed by atoms with E-state index in [4.69, 9.17) is 0 Å². The lowest BCUT2D eigenvalue weighted by Gasteiger charge is -2.20. The quantitative estimate of drug-likeness (QED) is 0.926. The molecule has 1 aliphatic heterocycles. The van der Waals surface area contributed by atoms with Gasteiger partial charge in [0.15, 0.2) is 11.6 Å². The maximum Gasteiger partial charge on any atom is 0.311 e. The summed E-state index contributed by atoms with van der Waals surface area (Å²) in [6.45, 7) is 6.80. The first-order chi connectivity index (χ1) is 10.4. The van der Waals surface area contributed by atoms with Crippen molar-refractivity contribution in [1.29, 1.82) is 0 Å². The number of hydrogen-bond acceptors (Lipinski definition) is 5. The Hall–Kier alpha value is -2.44. The van der Waals surface area contributed by atoms with E-state index in [0.717, 1.165) is 11.4 Å². The summed E-state index contributed by atoms with van der Waals surface area (Å²) < 4.78 is 1.75. The average molecular weight is 301 g/mol. The standard InChI is InChI=1S/C15H19N5O2/c1-10-8-11(2)20(18-10)13-5-4-12(16-17-13)19-7-6-15(3,9-19)14(21)22/h4-5,8H,6-7,9H2,1-3H3,(H,21,22). The predicted octanol–water partition coefficient (Wildman–Crippen LogP) is 1.58. The van der Waals surface area contributed by atoms with Crippen molar-refractivity contribution in [2.75, 3.05) is 18.0 Å². The van der Waals surface area contributed by atoms with E-state index in [2.05, 4.69) is 15.3 Å². The third kappa shape index (κ3) is 2.43. The van der Waals surface area contributed by atoms with Crippen LogP contribution in [0.15, 0.2) is 18.2 Å². The summed E-state index contributed by atoms with van der Waals surface area (Å²) in [5, 5.41) is 22.1. The van der Waals surface area contributed by atoms with Gasteiger partial charge in [-0.25, -0.2) is 4.68 Å². The van der Waals surface area contributed by atoms with Crippen molar-refractivity contribution in [3.8, 4) is 5.82 Å². The van der Waals surface area contributed by atoms with Crippen LogP contribution in [0.4, 0.5) is 5.82 Å². The van der Waals surface area contributed by atoms with Crippen LogP contribution in [0.2, 0.25) is 0 Å². The molecule has 22 heavy (non-hydrogen) atoms. The number of aliphatic carboxylic acids is 1. The van der Waals surface area contributed by atoms with E-state index >= 15 is 0 Å². The highest BCUT2D eigenvalue weighted by atomic mass is 16.4. The summed E-state index contributed by atoms with van der Waals surface area (Å²) in [7, 11) is 0. The van der Waals surface area contributed by atoms with Crippen molar-refractivity contribution in [3.05, 3.63) is 29.6 Å². The Labute approximate surface area is 128 Å². The molecular weight excluding hydrogens is 282 g/mol. The lowest BCUT2D eigenvalue weighted by atomic mass is 9.90. The molecule has 3 rings (SSSR count). The van der Waals surface area contributed by atoms with Gasteiger partial charge in [0, 0.05) is 18.8 Å². The smallest absolute Gasteiger partial charge is 0.311 e. The Balaban J connectivity index is 1.81. The number of carbonyl (C=O) groups is 1. The molecule has 1 saturated heterocycles. The molecule has 1 fully saturated rings. The van der Waals surface area contributed by atoms with Gasteiger partial charge in [0.05, 0.1) is 11.1 Å². The van der Waals surface area contributed by atoms with Gasteiger partial charge >= 0.3 is 5.97 Å². The zero-order chi connectivity index (χ0) is 15.9. The molecule has 0 aromatic carbocycles. The summed E-state index contributed by atoms with van der Waals surface area (Å²) in [5.41, 5.74) is 1.22. The van der Waals surface area contributed by atoms with Crippen molar-refractivity contribution in [3.63, 3.8) is 0 Å². The molecule has 1 N–H and O–H groups in total. The van der Waals surface area contributed by atoms with E-state index in [1.54, 1.807) is 11.6 Å². The number of aryl methyl sites for hydroxylation is 2. The summed E-state index contributed by atoms with van der Waals surface area (Å²) in [4.78, 5) is 13.3. The average Bonchev–Trinajstić information content (AvgIpc) is 3.03. The molecule has 7 nitrogen and oxygen atoms in total. The lowest BCUT2D eigenvalue weighted by molar-refractivity contribution is -0.146. The third-order valence-corrected chi connectivity index (χ3v) is 4.18. The Morgan fingerprint density at radius 3 is 2.45 bits per heavy atom. The van der Waals surface area contributed by atoms with Crippen LogP contribution in [0.25, 0.3) is 5.82 Å². The minimum Gasteiger partial charge on any atom is -0.481 e. The Morgan fingerprint density at radius 1 is 1.27 bits per heavy atom. The lowest BCUT2D eigenvalue weighted by Crippen LogP contribution is -2.32. The third-order valence-electron chi connectivity index (χ3n) is 4.18. The molecule has 0 bridgehead atoms. The normalized spacial score (nSPS) is 21.3. The molecule has 116 valence electrons. The van der Waals surface area contributed by atoms with Gasteiger partial charge in [-0.05, 0) is 45.4 Å². The van der Waals surface area contributed by atoms with Crippen LogP contribution in [0.5, 0.6) is 0 Å². The number of carboxylic acid groups (broad SMARTS) is 1. The molecule has 1 aliphatic rings. The first-order valence-electron chi connectivity index (χ1n) is 7.25. The summed E-state index contributed by atoms with van der Waals surface area (Å²) in [5.74, 6) is 0.604. The van der Waals surface area contributed by atoms with E-state index in [1.165, 1.54) is 0 Å². The summed E-state index contributed by atoms with van der Waals surface area (Å²) >= 11 is 0. The topological polar surface area (TPSA) is 84.1 Å². The molecule has 0 saturated carbocycles. The highest BCUT2D eigenvalue weighted by Gasteiger charge is 2.41. The first kappa shape index (κ1) is 14.5. The van der Waals surface area contributed by atoms with Crippen LogP contribution in [0, 0.1) is 19.3 Å². The Morgan fingerprint density at radius 2 is 1.95 bits per heavy atom. The Bertz CT molecular complexity index is 709. The second-order valence-electron chi connectivity index (χ2n) is 6.13. The van der Waals surface area contributed by atoms with Crippen LogP contribution in [-0.2, 0) is 4.79 Å². The highest BCUT2D eigenvalue weighted by molar-refractivity contribution is 5.76. The maximum absolute atomic E-state index is 11.3. The van der Waals surface area contributed by atoms with Gasteiger partial charge in [0.2, 0.25) is 0 Å². The van der Waals surface area contributed by atoms with Crippen LogP contribution < -0.4 is 4.90 Å². The molecule has 0 spiro atoms. The zero-order valence-corrected chi connectivity index (χ0v) is 12.9. The van der Waals surface area contributed by atoms with Gasteiger partial charge in [-0.3, -0.25) is 4.79 Å². The van der Waals surface area contributed by atoms with Crippen LogP contribution in [0.3, 0.4) is 0 Å². The number of rotatable bonds is 3. The number of anilines is 1. The van der Waals surface area contributed by atoms with Crippen LogP contribution in [0.1, 0.15) is 24.7 Å². The first-order valence-corrected chi connectivity index (χ1v) is 7.25. The van der Waals surface area contributed by atoms with Crippen molar-refractivity contribution in [2.24, 2.45) is 5.41 Å². The maximum atomic E-state index is 11.3. The molecule has 3 heterocycles. The van der Waals surface area contributed by atoms with Crippen molar-refractivity contribution >= 4 is 11.8 Å². The molecule has 0 radical (unpaired) electrons. The van der Waals surface area contributed by atoms with Gasteiger partial charge in [-0.1, -0.05) is 0 Å². The van der Waals surface area contributed by atoms with Crippen molar-refractivity contribution in [2.45, 2.75) is 27.2 Å². The van der Waals surface area contributed by atoms with E-state index in [-0.39, 0.29) is 0 Å². The van der Waals surface area contributed by atoms with E-state index in [9.17, 15) is 9.90 Å². The number of carboxylic acids is 1. The van der Waals surface area contributed by atoms with E-state index in [0.29, 0.717) is 31.1 Å². The van der Waals surface area contributed by atoms with E-state index < -0.39 is 11.4 Å². The molecule has 2 aromatic heterocycles. The molecular formula is C15H19N5O2. The van der Waals surface area contributed by atoms with Crippen LogP contribution >= 0.6 is 0 Å². The monoisotopic (exact) mass is 301 g/mol. The minimum atomic E-state index is -0.762. The largest absolute Gasteiger partial charge is 0.481 e. The molecule has 1 unspecified atom stereocenters. The van der Waals surface area contributed by atoms with Gasteiger partial charge in [-0.15, -0.1) is 10.2 Å². The summed E-state index contributed by atoms with van der Waals surface area (Å²) in [6, 6.07) is 5.71. The molecule has 0 aliphatic carbocycles. The van der Waals surface area contributed by atoms with Gasteiger partial charge in [0.25, 0.3) is 0 Å². The summed E-state index contributed by atoms with van der Waals surface area (Å²) in [6.07, 6.45) is 0.614. The Kier molecular flexibility index (Phi) is 3.35. The molecule has 1 atom stereocenters. The fourth-order valence-corrected chi connectivity index (χ4v) is 2.79. The fourth-order valence-electron chi connectivity index (χ4n) is 2.79. The number of hydrogen-bond donors (Lipinski definition) is 1. The SMILES string of the molecule is Cc1cc(C)n(-c2ccc(N3CCC(C)(C(=O)O)C3)nn2)n1. The second-order valence-corrected chi connectivity index (χ2v) is 6.13. The molecule has 0 amide bonds. The predicted molar refractivity (Wildman–Crippen MR) is 81.2 cm³/mol. The molecule has 7 heteroatoms. The number of nitrogens with zero attached hydrogens (tertiary/aromatic N) is 5. The van der Waals surface area contributed by atoms with Crippen LogP contribution in [-0.4, -0.2) is 44.1 Å². The van der Waals surface area contributed by atoms with Gasteiger partial charge in [-0.2, -0.15) is 5.10 Å². The van der Waals surface area contributed by atoms with Crippen molar-refractivity contribution < 1.29 is 9.90 Å². The number of aromatic nitrogens is 4. The van der Waals surface area contributed by atoms with Gasteiger partial charge < -0.3 is 10.0 Å². The van der Waals surface area contributed by atoms with Gasteiger partial charge in [0.1, 0.15) is 0 Å². The minimum absolute atomic E-state index is 0.455. The second kappa shape index (κ2) is 5.08. The van der Waals surface area contributed by atoms with Crippen molar-refractivity contribution in [1.82, 2.24) is 20.0 Å². The fraction of sp³-hybridized carbons (Fsp3) is 0.467. The zero-order valence-electron chi connectivity index (χ0n) is 12.9. The highest BCUT2D eigenvalue weighted by Crippen LogP contribution is 2.32. The molecule has 2 aromatic rings.